The van der Waals surface area contributed by atoms with E-state index >= 15 is 0 Å². The summed E-state index contributed by atoms with van der Waals surface area (Å²) in [6, 6.07) is 9.54. The first-order chi connectivity index (χ1) is 22.2. The number of aliphatic carboxylic acids is 1. The van der Waals surface area contributed by atoms with Gasteiger partial charge in [-0.1, -0.05) is 19.6 Å². The average Bonchev–Trinajstić information content (AvgIpc) is 3.78. The summed E-state index contributed by atoms with van der Waals surface area (Å²) in [6.45, 7) is 9.72. The van der Waals surface area contributed by atoms with Gasteiger partial charge in [0.2, 0.25) is 0 Å². The van der Waals surface area contributed by atoms with Crippen molar-refractivity contribution in [2.45, 2.75) is 57.5 Å². The molecular weight excluding hydrogens is 746 g/mol. The lowest BCUT2D eigenvalue weighted by molar-refractivity contribution is -0.192. The van der Waals surface area contributed by atoms with Crippen LogP contribution in [0.15, 0.2) is 43.2 Å². The van der Waals surface area contributed by atoms with Gasteiger partial charge in [0.05, 0.1) is 30.4 Å². The van der Waals surface area contributed by atoms with Crippen molar-refractivity contribution in [2.24, 2.45) is 5.92 Å². The van der Waals surface area contributed by atoms with Gasteiger partial charge in [0.15, 0.2) is 0 Å². The maximum atomic E-state index is 10.6. The second kappa shape index (κ2) is 15.2. The fourth-order valence-electron chi connectivity index (χ4n) is 5.16. The van der Waals surface area contributed by atoms with E-state index in [4.69, 9.17) is 14.6 Å². The number of anilines is 1. The minimum atomic E-state index is -5.08. The molecule has 0 amide bonds. The molecule has 1 aliphatic heterocycles. The van der Waals surface area contributed by atoms with E-state index in [9.17, 15) is 23.7 Å². The van der Waals surface area contributed by atoms with Gasteiger partial charge in [-0.2, -0.15) is 28.8 Å². The average molecular weight is 780 g/mol. The van der Waals surface area contributed by atoms with Gasteiger partial charge in [0.25, 0.3) is 0 Å². The summed E-state index contributed by atoms with van der Waals surface area (Å²) in [6.07, 6.45) is 5.26. The molecule has 0 bridgehead atoms. The van der Waals surface area contributed by atoms with Gasteiger partial charge in [-0.05, 0) is 47.2 Å². The molecule has 0 aromatic carbocycles. The Balaban J connectivity index is 0.000000644. The van der Waals surface area contributed by atoms with E-state index in [1.165, 1.54) is 0 Å². The van der Waals surface area contributed by atoms with E-state index in [1.807, 2.05) is 40.0 Å². The van der Waals surface area contributed by atoms with Crippen LogP contribution in [0.1, 0.15) is 24.4 Å². The van der Waals surface area contributed by atoms with Crippen molar-refractivity contribution < 1.29 is 27.8 Å². The van der Waals surface area contributed by atoms with Crippen molar-refractivity contribution in [3.8, 4) is 23.4 Å². The number of hydrogen-bond acceptors (Lipinski definition) is 9. The molecule has 17 heteroatoms. The number of hydrogen-bond donors (Lipinski definition) is 1. The first-order valence-electron chi connectivity index (χ1n) is 14.6. The highest BCUT2D eigenvalue weighted by molar-refractivity contribution is 14.1. The number of aromatic nitrogens is 6. The van der Waals surface area contributed by atoms with E-state index in [0.29, 0.717) is 31.1 Å². The number of alkyl halides is 3. The molecular formula is C30H33F3IN9O3Si. The Morgan fingerprint density at radius 3 is 2.64 bits per heavy atom. The molecule has 47 heavy (non-hydrogen) atoms. The number of ether oxygens (including phenoxy) is 1. The van der Waals surface area contributed by atoms with Gasteiger partial charge in [-0.25, -0.2) is 19.7 Å². The van der Waals surface area contributed by atoms with Crippen LogP contribution in [0.2, 0.25) is 25.7 Å². The molecule has 5 heterocycles. The van der Waals surface area contributed by atoms with Gasteiger partial charge in [0, 0.05) is 66.8 Å². The smallest absolute Gasteiger partial charge is 0.475 e. The van der Waals surface area contributed by atoms with Crippen molar-refractivity contribution in [3.05, 3.63) is 52.4 Å². The maximum Gasteiger partial charge on any atom is 0.490 e. The number of fused-ring (bicyclic) bond motifs is 1. The molecule has 0 saturated carbocycles. The van der Waals surface area contributed by atoms with Crippen molar-refractivity contribution in [2.75, 3.05) is 24.6 Å². The van der Waals surface area contributed by atoms with Crippen LogP contribution in [0.3, 0.4) is 0 Å². The topological polar surface area (TPSA) is 159 Å². The van der Waals surface area contributed by atoms with Crippen LogP contribution in [0.5, 0.6) is 0 Å². The standard InChI is InChI=1S/C28H32IN9OSi.C2HF3O2/c1-40(2,3)13-12-39-19-37-11-7-22-26(33-18-34-27(22)37)21-15-35-38(17-21)25(4-8-30)20-6-10-36(16-20)28-23(14-31)24(29)5-9-32-28;3-2(4,5)1(6)7/h5,7,9,11,15,17-18,20,25H,4,6,10,12-13,16,19H2,1-3H3;(H,6,7)/t20-,25-;/m0./s1. The Bertz CT molecular complexity index is 1790. The molecule has 248 valence electrons. The van der Waals surface area contributed by atoms with Crippen LogP contribution >= 0.6 is 22.6 Å². The van der Waals surface area contributed by atoms with Crippen molar-refractivity contribution in [1.29, 1.82) is 10.5 Å². The largest absolute Gasteiger partial charge is 0.490 e. The van der Waals surface area contributed by atoms with E-state index in [0.717, 1.165) is 51.5 Å². The number of rotatable bonds is 10. The van der Waals surface area contributed by atoms with Gasteiger partial charge in [-0.15, -0.1) is 0 Å². The fraction of sp³-hybridized carbons (Fsp3) is 0.433. The van der Waals surface area contributed by atoms with Crippen LogP contribution in [0.25, 0.3) is 22.3 Å². The number of nitriles is 2. The molecule has 0 aliphatic carbocycles. The molecule has 0 unspecified atom stereocenters. The van der Waals surface area contributed by atoms with Gasteiger partial charge < -0.3 is 19.3 Å². The summed E-state index contributed by atoms with van der Waals surface area (Å²) in [5.74, 6) is -1.85. The lowest BCUT2D eigenvalue weighted by Gasteiger charge is -2.23. The minimum absolute atomic E-state index is 0.0984. The predicted molar refractivity (Wildman–Crippen MR) is 178 cm³/mol. The SMILES string of the molecule is C[Si](C)(C)CCOCn1ccc2c(-c3cnn([C@@H](CC#N)[C@H]4CCN(c5nccc(I)c5C#N)C4)c3)ncnc21.O=C(O)C(F)(F)F. The third-order valence-electron chi connectivity index (χ3n) is 7.60. The van der Waals surface area contributed by atoms with Crippen molar-refractivity contribution in [1.82, 2.24) is 29.3 Å². The summed E-state index contributed by atoms with van der Waals surface area (Å²) >= 11 is 2.18. The first-order valence-corrected chi connectivity index (χ1v) is 19.4. The third-order valence-corrected chi connectivity index (χ3v) is 10.2. The Hall–Kier alpha value is -4.07. The number of halogens is 4. The van der Waals surface area contributed by atoms with Crippen LogP contribution in [0, 0.1) is 32.2 Å². The summed E-state index contributed by atoms with van der Waals surface area (Å²) in [4.78, 5) is 24.7. The molecule has 2 atom stereocenters. The fourth-order valence-corrected chi connectivity index (χ4v) is 6.43. The van der Waals surface area contributed by atoms with E-state index in [2.05, 4.69) is 79.3 Å². The predicted octanol–water partition coefficient (Wildman–Crippen LogP) is 6.09. The Morgan fingerprint density at radius 2 is 1.98 bits per heavy atom. The van der Waals surface area contributed by atoms with Crippen molar-refractivity contribution in [3.63, 3.8) is 0 Å². The Labute approximate surface area is 284 Å². The first kappa shape index (κ1) is 35.8. The Kier molecular flexibility index (Phi) is 11.6. The molecule has 5 rings (SSSR count). The van der Waals surface area contributed by atoms with Gasteiger partial charge >= 0.3 is 12.1 Å². The van der Waals surface area contributed by atoms with Crippen LogP contribution in [0.4, 0.5) is 19.0 Å². The second-order valence-electron chi connectivity index (χ2n) is 12.1. The quantitative estimate of drug-likeness (QED) is 0.113. The molecule has 1 saturated heterocycles. The minimum Gasteiger partial charge on any atom is -0.475 e. The molecule has 1 N–H and O–H groups in total. The van der Waals surface area contributed by atoms with Crippen molar-refractivity contribution >= 4 is 53.5 Å². The molecule has 0 radical (unpaired) electrons. The zero-order valence-corrected chi connectivity index (χ0v) is 29.1. The van der Waals surface area contributed by atoms with Gasteiger partial charge in [-0.3, -0.25) is 4.68 Å². The summed E-state index contributed by atoms with van der Waals surface area (Å²) < 4.78 is 42.5. The highest BCUT2D eigenvalue weighted by Crippen LogP contribution is 2.35. The zero-order valence-electron chi connectivity index (χ0n) is 25.9. The third kappa shape index (κ3) is 9.05. The van der Waals surface area contributed by atoms with Gasteiger partial charge in [0.1, 0.15) is 36.2 Å². The summed E-state index contributed by atoms with van der Waals surface area (Å²) in [5.41, 5.74) is 3.11. The highest BCUT2D eigenvalue weighted by atomic mass is 127. The van der Waals surface area contributed by atoms with E-state index in [-0.39, 0.29) is 12.0 Å². The lowest BCUT2D eigenvalue weighted by atomic mass is 9.96. The molecule has 12 nitrogen and oxygen atoms in total. The number of nitrogens with zero attached hydrogens (tertiary/aromatic N) is 9. The molecule has 4 aromatic heterocycles. The Morgan fingerprint density at radius 1 is 1.23 bits per heavy atom. The zero-order chi connectivity index (χ0) is 34.4. The number of carboxylic acids is 1. The monoisotopic (exact) mass is 779 g/mol. The summed E-state index contributed by atoms with van der Waals surface area (Å²) in [5, 5.41) is 32.1. The van der Waals surface area contributed by atoms with E-state index in [1.54, 1.807) is 12.5 Å². The molecule has 4 aromatic rings. The lowest BCUT2D eigenvalue weighted by Crippen LogP contribution is -2.26. The number of pyridine rings is 1. The van der Waals surface area contributed by atoms with Crippen LogP contribution in [-0.2, 0) is 16.3 Å². The molecule has 0 spiro atoms. The number of carboxylic acid groups (broad SMARTS) is 1. The van der Waals surface area contributed by atoms with Crippen LogP contribution in [-0.4, -0.2) is 74.3 Å². The normalized spacial score (nSPS) is 15.5. The molecule has 1 fully saturated rings. The maximum absolute atomic E-state index is 10.6. The molecule has 1 aliphatic rings. The highest BCUT2D eigenvalue weighted by Gasteiger charge is 2.38. The summed E-state index contributed by atoms with van der Waals surface area (Å²) in [7, 11) is -1.15. The second-order valence-corrected chi connectivity index (χ2v) is 18.9. The van der Waals surface area contributed by atoms with Crippen LogP contribution < -0.4 is 4.90 Å². The van der Waals surface area contributed by atoms with E-state index < -0.39 is 20.2 Å². The number of carbonyl (C=O) groups is 1.